The van der Waals surface area contributed by atoms with Gasteiger partial charge in [-0.05, 0) is 63.1 Å². The Morgan fingerprint density at radius 3 is 2.57 bits per heavy atom. The second kappa shape index (κ2) is 9.08. The molecule has 6 heteroatoms. The van der Waals surface area contributed by atoms with E-state index in [9.17, 15) is 4.79 Å². The highest BCUT2D eigenvalue weighted by Crippen LogP contribution is 2.19. The molecular weight excluding hydrogens is 350 g/mol. The van der Waals surface area contributed by atoms with Crippen LogP contribution in [0.25, 0.3) is 11.3 Å². The number of anilines is 1. The average Bonchev–Trinajstić information content (AvgIpc) is 2.69. The first-order valence-corrected chi connectivity index (χ1v) is 9.42. The lowest BCUT2D eigenvalue weighted by Crippen LogP contribution is -2.34. The zero-order chi connectivity index (χ0) is 19.9. The smallest absolute Gasteiger partial charge is 0.251 e. The Kier molecular flexibility index (Phi) is 6.32. The molecule has 1 aromatic carbocycles. The zero-order valence-electron chi connectivity index (χ0n) is 16.4. The summed E-state index contributed by atoms with van der Waals surface area (Å²) in [6.07, 6.45) is 4.29. The van der Waals surface area contributed by atoms with Gasteiger partial charge in [-0.25, -0.2) is 0 Å². The zero-order valence-corrected chi connectivity index (χ0v) is 16.4. The number of carbonyl (C=O) groups excluding carboxylic acids is 1. The van der Waals surface area contributed by atoms with Crippen LogP contribution in [0.15, 0.2) is 60.9 Å². The Labute approximate surface area is 165 Å². The second-order valence-corrected chi connectivity index (χ2v) is 7.12. The fraction of sp³-hybridized carbons (Fsp3) is 0.273. The number of aromatic nitrogens is 3. The first-order chi connectivity index (χ1) is 13.5. The van der Waals surface area contributed by atoms with Gasteiger partial charge in [0.1, 0.15) is 5.82 Å². The maximum absolute atomic E-state index is 12.6. The lowest BCUT2D eigenvalue weighted by molar-refractivity contribution is 0.0940. The Bertz CT molecular complexity index is 910. The topological polar surface area (TPSA) is 79.8 Å². The van der Waals surface area contributed by atoms with Crippen LogP contribution in [0.3, 0.4) is 0 Å². The summed E-state index contributed by atoms with van der Waals surface area (Å²) in [6, 6.07) is 15.4. The Morgan fingerprint density at radius 2 is 1.89 bits per heavy atom. The summed E-state index contributed by atoms with van der Waals surface area (Å²) in [7, 11) is 0. The van der Waals surface area contributed by atoms with Gasteiger partial charge in [0.2, 0.25) is 0 Å². The Morgan fingerprint density at radius 1 is 1.04 bits per heavy atom. The number of nitrogens with zero attached hydrogens (tertiary/aromatic N) is 3. The van der Waals surface area contributed by atoms with E-state index in [0.717, 1.165) is 29.1 Å². The number of pyridine rings is 1. The van der Waals surface area contributed by atoms with Crippen LogP contribution in [-0.2, 0) is 6.42 Å². The van der Waals surface area contributed by atoms with E-state index >= 15 is 0 Å². The molecule has 0 bridgehead atoms. The number of rotatable bonds is 7. The van der Waals surface area contributed by atoms with Crippen molar-refractivity contribution in [1.29, 1.82) is 0 Å². The van der Waals surface area contributed by atoms with Crippen molar-refractivity contribution in [3.05, 3.63) is 72.1 Å². The summed E-state index contributed by atoms with van der Waals surface area (Å²) < 4.78 is 0. The third-order valence-electron chi connectivity index (χ3n) is 4.16. The van der Waals surface area contributed by atoms with Gasteiger partial charge in [0.15, 0.2) is 0 Å². The molecule has 0 aliphatic carbocycles. The lowest BCUT2D eigenvalue weighted by atomic mass is 10.1. The molecule has 0 fully saturated rings. The summed E-state index contributed by atoms with van der Waals surface area (Å²) >= 11 is 0. The molecule has 0 aliphatic rings. The number of amides is 1. The molecule has 2 heterocycles. The van der Waals surface area contributed by atoms with Crippen LogP contribution in [0.1, 0.15) is 36.7 Å². The molecule has 0 radical (unpaired) electrons. The SMILES string of the molecule is CC(C)Nc1ccc(-c2cccc(C(=O)N[C@@H](C)Cc3cccnc3)c2)nn1. The van der Waals surface area contributed by atoms with Crippen LogP contribution in [0.2, 0.25) is 0 Å². The Balaban J connectivity index is 1.67. The first kappa shape index (κ1) is 19.5. The fourth-order valence-corrected chi connectivity index (χ4v) is 2.91. The standard InChI is InChI=1S/C22H25N5O/c1-15(2)24-21-10-9-20(26-27-21)18-7-4-8-19(13-18)22(28)25-16(3)12-17-6-5-11-23-14-17/h4-11,13-16H,12H2,1-3H3,(H,24,27)(H,25,28)/t16-/m0/s1. The fourth-order valence-electron chi connectivity index (χ4n) is 2.91. The van der Waals surface area contributed by atoms with Crippen molar-refractivity contribution in [2.24, 2.45) is 0 Å². The maximum Gasteiger partial charge on any atom is 0.251 e. The van der Waals surface area contributed by atoms with Crippen molar-refractivity contribution in [2.45, 2.75) is 39.3 Å². The van der Waals surface area contributed by atoms with Gasteiger partial charge in [0, 0.05) is 35.6 Å². The molecule has 28 heavy (non-hydrogen) atoms. The predicted molar refractivity (Wildman–Crippen MR) is 111 cm³/mol. The van der Waals surface area contributed by atoms with Crippen molar-refractivity contribution in [3.8, 4) is 11.3 Å². The van der Waals surface area contributed by atoms with Gasteiger partial charge < -0.3 is 10.6 Å². The maximum atomic E-state index is 12.6. The van der Waals surface area contributed by atoms with Gasteiger partial charge in [0.05, 0.1) is 5.69 Å². The monoisotopic (exact) mass is 375 g/mol. The van der Waals surface area contributed by atoms with Crippen LogP contribution in [0.4, 0.5) is 5.82 Å². The van der Waals surface area contributed by atoms with Gasteiger partial charge >= 0.3 is 0 Å². The molecule has 0 unspecified atom stereocenters. The minimum Gasteiger partial charge on any atom is -0.366 e. The summed E-state index contributed by atoms with van der Waals surface area (Å²) in [5, 5.41) is 14.7. The van der Waals surface area contributed by atoms with Gasteiger partial charge in [0.25, 0.3) is 5.91 Å². The lowest BCUT2D eigenvalue weighted by Gasteiger charge is -2.14. The molecule has 0 saturated heterocycles. The van der Waals surface area contributed by atoms with E-state index in [2.05, 4.69) is 25.8 Å². The number of hydrogen-bond donors (Lipinski definition) is 2. The van der Waals surface area contributed by atoms with Crippen molar-refractivity contribution in [1.82, 2.24) is 20.5 Å². The molecule has 0 aliphatic heterocycles. The number of benzene rings is 1. The minimum absolute atomic E-state index is 0.00143. The van der Waals surface area contributed by atoms with E-state index in [4.69, 9.17) is 0 Å². The number of hydrogen-bond acceptors (Lipinski definition) is 5. The first-order valence-electron chi connectivity index (χ1n) is 9.42. The highest BCUT2D eigenvalue weighted by molar-refractivity contribution is 5.95. The minimum atomic E-state index is -0.107. The van der Waals surface area contributed by atoms with Gasteiger partial charge in [-0.3, -0.25) is 9.78 Å². The normalized spacial score (nSPS) is 11.9. The highest BCUT2D eigenvalue weighted by atomic mass is 16.1. The molecule has 1 atom stereocenters. The molecule has 6 nitrogen and oxygen atoms in total. The van der Waals surface area contributed by atoms with Crippen LogP contribution in [0.5, 0.6) is 0 Å². The number of nitrogens with one attached hydrogen (secondary N) is 2. The second-order valence-electron chi connectivity index (χ2n) is 7.12. The average molecular weight is 375 g/mol. The van der Waals surface area contributed by atoms with Crippen LogP contribution >= 0.6 is 0 Å². The summed E-state index contributed by atoms with van der Waals surface area (Å²) in [6.45, 7) is 6.08. The molecule has 2 aromatic heterocycles. The van der Waals surface area contributed by atoms with Crippen molar-refractivity contribution < 1.29 is 4.79 Å². The van der Waals surface area contributed by atoms with Crippen molar-refractivity contribution >= 4 is 11.7 Å². The quantitative estimate of drug-likeness (QED) is 0.658. The molecular formula is C22H25N5O. The summed E-state index contributed by atoms with van der Waals surface area (Å²) in [4.78, 5) is 16.7. The number of carbonyl (C=O) groups is 1. The molecule has 2 N–H and O–H groups in total. The van der Waals surface area contributed by atoms with Crippen molar-refractivity contribution in [2.75, 3.05) is 5.32 Å². The Hall–Kier alpha value is -3.28. The summed E-state index contributed by atoms with van der Waals surface area (Å²) in [5.74, 6) is 0.626. The van der Waals surface area contributed by atoms with E-state index in [1.54, 1.807) is 12.3 Å². The van der Waals surface area contributed by atoms with E-state index < -0.39 is 0 Å². The van der Waals surface area contributed by atoms with E-state index in [-0.39, 0.29) is 11.9 Å². The highest BCUT2D eigenvalue weighted by Gasteiger charge is 2.12. The van der Waals surface area contributed by atoms with E-state index in [1.165, 1.54) is 0 Å². The molecule has 0 spiro atoms. The molecule has 0 saturated carbocycles. The van der Waals surface area contributed by atoms with Crippen LogP contribution in [0, 0.1) is 0 Å². The predicted octanol–water partition coefficient (Wildman–Crippen LogP) is 3.72. The largest absolute Gasteiger partial charge is 0.366 e. The van der Waals surface area contributed by atoms with Gasteiger partial charge in [-0.1, -0.05) is 18.2 Å². The van der Waals surface area contributed by atoms with Crippen LogP contribution in [-0.4, -0.2) is 33.2 Å². The molecule has 3 aromatic rings. The summed E-state index contributed by atoms with van der Waals surface area (Å²) in [5.41, 5.74) is 3.28. The van der Waals surface area contributed by atoms with Crippen LogP contribution < -0.4 is 10.6 Å². The van der Waals surface area contributed by atoms with Gasteiger partial charge in [-0.2, -0.15) is 0 Å². The van der Waals surface area contributed by atoms with Gasteiger partial charge in [-0.15, -0.1) is 10.2 Å². The van der Waals surface area contributed by atoms with E-state index in [1.807, 2.05) is 69.4 Å². The molecule has 1 amide bonds. The third kappa shape index (κ3) is 5.36. The van der Waals surface area contributed by atoms with E-state index in [0.29, 0.717) is 11.6 Å². The molecule has 3 rings (SSSR count). The molecule has 144 valence electrons. The van der Waals surface area contributed by atoms with Crippen molar-refractivity contribution in [3.63, 3.8) is 0 Å². The third-order valence-corrected chi connectivity index (χ3v) is 4.16.